The summed E-state index contributed by atoms with van der Waals surface area (Å²) in [5, 5.41) is 34.3. The van der Waals surface area contributed by atoms with E-state index in [0.29, 0.717) is 22.9 Å². The maximum absolute atomic E-state index is 9.50. The van der Waals surface area contributed by atoms with Crippen LogP contribution < -0.4 is 0 Å². The van der Waals surface area contributed by atoms with Gasteiger partial charge in [-0.3, -0.25) is 9.98 Å². The van der Waals surface area contributed by atoms with Crippen LogP contribution in [0.3, 0.4) is 0 Å². The minimum absolute atomic E-state index is 0.140. The first-order valence-electron chi connectivity index (χ1n) is 10.2. The van der Waals surface area contributed by atoms with E-state index in [0.717, 1.165) is 11.1 Å². The van der Waals surface area contributed by atoms with Crippen molar-refractivity contribution in [3.63, 3.8) is 0 Å². The Balaban J connectivity index is 0.000000222. The van der Waals surface area contributed by atoms with E-state index in [4.69, 9.17) is 14.7 Å². The summed E-state index contributed by atoms with van der Waals surface area (Å²) >= 11 is -2.51. The topological polar surface area (TPSA) is 145 Å². The summed E-state index contributed by atoms with van der Waals surface area (Å²) < 4.78 is 17.2. The van der Waals surface area contributed by atoms with Crippen LogP contribution in [0, 0.1) is 27.8 Å². The molecule has 0 bridgehead atoms. The molecule has 8 nitrogen and oxygen atoms in total. The number of aliphatic imine (C=N–C) groups is 2. The number of para-hydroxylation sites is 6. The molecule has 0 aliphatic carbocycles. The predicted molar refractivity (Wildman–Crippen MR) is 131 cm³/mol. The summed E-state index contributed by atoms with van der Waals surface area (Å²) in [5.41, 5.74) is 2.47. The molecule has 0 heterocycles. The predicted octanol–water partition coefficient (Wildman–Crippen LogP) is 4.92. The molecule has 0 spiro atoms. The molecular weight excluding hydrogens is 674 g/mol. The monoisotopic (exact) mass is 698 g/mol. The van der Waals surface area contributed by atoms with Crippen LogP contribution in [0.5, 0.6) is 23.0 Å². The first kappa shape index (κ1) is 27.3. The third kappa shape index (κ3) is 9.45. The van der Waals surface area contributed by atoms with E-state index in [1.807, 2.05) is 24.3 Å². The average molecular weight is 699 g/mol. The Morgan fingerprint density at radius 1 is 0.571 bits per heavy atom. The molecule has 4 rings (SSSR count). The van der Waals surface area contributed by atoms with Crippen LogP contribution in [0.1, 0.15) is 11.1 Å². The van der Waals surface area contributed by atoms with Crippen molar-refractivity contribution in [2.75, 3.05) is 0 Å². The Morgan fingerprint density at radius 3 is 1.23 bits per heavy atom. The van der Waals surface area contributed by atoms with Gasteiger partial charge in [0.2, 0.25) is 0 Å². The Labute approximate surface area is 216 Å². The van der Waals surface area contributed by atoms with Gasteiger partial charge in [-0.1, -0.05) is 48.5 Å². The van der Waals surface area contributed by atoms with Gasteiger partial charge in [0.05, 0.1) is 11.1 Å². The summed E-state index contributed by atoms with van der Waals surface area (Å²) in [6.07, 6.45) is 3.16. The molecule has 0 aromatic heterocycles. The quantitative estimate of drug-likeness (QED) is 0.230. The fourth-order valence-electron chi connectivity index (χ4n) is 2.64. The Kier molecular flexibility index (Phi) is 11.8. The first-order valence-corrected chi connectivity index (χ1v) is 13.6. The van der Waals surface area contributed by atoms with E-state index in [2.05, 4.69) is 9.98 Å². The van der Waals surface area contributed by atoms with Crippen LogP contribution in [0.25, 0.3) is 0 Å². The molecule has 0 saturated carbocycles. The van der Waals surface area contributed by atoms with Crippen molar-refractivity contribution >= 4 is 23.8 Å². The average Bonchev–Trinajstić information content (AvgIpc) is 2.86. The van der Waals surface area contributed by atoms with Crippen molar-refractivity contribution in [2.45, 2.75) is 0 Å². The van der Waals surface area contributed by atoms with Crippen molar-refractivity contribution < 1.29 is 52.7 Å². The van der Waals surface area contributed by atoms with E-state index in [1.54, 1.807) is 85.2 Å². The molecule has 4 aromatic rings. The van der Waals surface area contributed by atoms with Crippen LogP contribution in [-0.2, 0) is 4.47 Å². The molecule has 0 unspecified atom stereocenters. The fraction of sp³-hybridized carbons (Fsp3) is 0. The molecule has 9 heteroatoms. The molecule has 0 fully saturated rings. The zero-order valence-electron chi connectivity index (χ0n) is 18.5. The van der Waals surface area contributed by atoms with Crippen molar-refractivity contribution in [1.82, 2.24) is 0 Å². The number of aromatic hydroxyl groups is 2. The fourth-order valence-corrected chi connectivity index (χ4v) is 2.64. The van der Waals surface area contributed by atoms with Gasteiger partial charge in [-0.15, -0.1) is 0 Å². The molecule has 174 valence electrons. The first-order chi connectivity index (χ1) is 17.0. The van der Waals surface area contributed by atoms with E-state index in [9.17, 15) is 10.2 Å². The Morgan fingerprint density at radius 2 is 0.886 bits per heavy atom. The van der Waals surface area contributed by atoms with Gasteiger partial charge in [-0.25, -0.2) is 0 Å². The van der Waals surface area contributed by atoms with Gasteiger partial charge in [0.1, 0.15) is 22.9 Å². The normalized spacial score (nSPS) is 10.1. The van der Waals surface area contributed by atoms with Gasteiger partial charge < -0.3 is 20.4 Å². The van der Waals surface area contributed by atoms with Crippen molar-refractivity contribution in [2.24, 2.45) is 9.98 Å². The molecule has 0 amide bonds. The zero-order chi connectivity index (χ0) is 25.5. The summed E-state index contributed by atoms with van der Waals surface area (Å²) in [6, 6.07) is 28.0. The van der Waals surface area contributed by atoms with E-state index in [1.165, 1.54) is 0 Å². The van der Waals surface area contributed by atoms with Gasteiger partial charge in [0, 0.05) is 24.6 Å². The summed E-state index contributed by atoms with van der Waals surface area (Å²) in [4.78, 5) is 8.28. The van der Waals surface area contributed by atoms with Gasteiger partial charge in [0.25, 0.3) is 11.5 Å². The molecular formula is C26H24N2O6U+4. The van der Waals surface area contributed by atoms with Crippen molar-refractivity contribution in [3.05, 3.63) is 108 Å². The van der Waals surface area contributed by atoms with Gasteiger partial charge in [-0.2, -0.15) is 0 Å². The molecule has 0 atom stereocenters. The SMILES string of the molecule is Oc1ccccc1N=Cc1ccccc1[OH2+].Oc1ccccc1N=Cc1ccccc1[OH2+].[O]=[U+2]=[O]. The van der Waals surface area contributed by atoms with Gasteiger partial charge in [0.15, 0.2) is 0 Å². The van der Waals surface area contributed by atoms with Crippen LogP contribution in [0.15, 0.2) is 107 Å². The Bertz CT molecular complexity index is 1140. The minimum atomic E-state index is -2.51. The summed E-state index contributed by atoms with van der Waals surface area (Å²) in [5.74, 6) is 1.12. The molecule has 35 heavy (non-hydrogen) atoms. The zero-order valence-corrected chi connectivity index (χ0v) is 22.7. The summed E-state index contributed by atoms with van der Waals surface area (Å²) in [6.45, 7) is 0. The van der Waals surface area contributed by atoms with E-state index >= 15 is 0 Å². The summed E-state index contributed by atoms with van der Waals surface area (Å²) in [7, 11) is 0. The molecule has 6 N–H and O–H groups in total. The van der Waals surface area contributed by atoms with Crippen LogP contribution in [0.2, 0.25) is 0 Å². The second-order valence-electron chi connectivity index (χ2n) is 6.75. The second kappa shape index (κ2) is 15.1. The number of phenolic OH excluding ortho intramolecular Hbond substituents is 2. The van der Waals surface area contributed by atoms with Crippen LogP contribution in [0.4, 0.5) is 11.4 Å². The molecule has 0 radical (unpaired) electrons. The van der Waals surface area contributed by atoms with E-state index in [-0.39, 0.29) is 11.5 Å². The number of hydrogen-bond acceptors (Lipinski definition) is 6. The third-order valence-corrected chi connectivity index (χ3v) is 4.37. The van der Waals surface area contributed by atoms with Crippen molar-refractivity contribution in [3.8, 4) is 23.0 Å². The van der Waals surface area contributed by atoms with Crippen LogP contribution in [-0.4, -0.2) is 32.9 Å². The third-order valence-electron chi connectivity index (χ3n) is 4.37. The van der Waals surface area contributed by atoms with Gasteiger partial charge in [-0.05, 0) is 36.4 Å². The number of rotatable bonds is 4. The second-order valence-corrected chi connectivity index (χ2v) is 7.45. The maximum atomic E-state index is 9.50. The Hall–Kier alpha value is -3.93. The number of benzene rings is 4. The molecule has 0 aliphatic rings. The molecule has 4 aromatic carbocycles. The molecule has 0 aliphatic heterocycles. The number of phenols is 2. The number of hydrogen-bond donors (Lipinski definition) is 2. The van der Waals surface area contributed by atoms with Crippen molar-refractivity contribution in [1.29, 1.82) is 0 Å². The van der Waals surface area contributed by atoms with E-state index < -0.39 is 27.8 Å². The van der Waals surface area contributed by atoms with Crippen LogP contribution >= 0.6 is 0 Å². The standard InChI is InChI=1S/2C13H11NO2.2O.U/c2*15-12-7-3-1-5-10(12)9-14-11-6-2-4-8-13(11)16;;;/h2*1-9,15-16H;;;/q;;;;+2/p+2. The number of nitrogens with zero attached hydrogens (tertiary/aromatic N) is 2. The molecule has 0 saturated heterocycles. The van der Waals surface area contributed by atoms with Gasteiger partial charge >= 0.3 is 32.3 Å².